The number of nitrogens with one attached hydrogen (secondary N) is 1. The van der Waals surface area contributed by atoms with Gasteiger partial charge in [0.15, 0.2) is 5.65 Å². The van der Waals surface area contributed by atoms with Gasteiger partial charge in [-0.05, 0) is 75.6 Å². The number of benzene rings is 1. The second-order valence-electron chi connectivity index (χ2n) is 10.2. The zero-order valence-corrected chi connectivity index (χ0v) is 22.4. The maximum Gasteiger partial charge on any atom is 0.410 e. The first-order valence-electron chi connectivity index (χ1n) is 12.3. The molecule has 0 atom stereocenters. The van der Waals surface area contributed by atoms with E-state index in [4.69, 9.17) is 9.47 Å². The molecule has 11 heteroatoms. The van der Waals surface area contributed by atoms with Crippen molar-refractivity contribution in [1.29, 1.82) is 0 Å². The second kappa shape index (κ2) is 9.25. The van der Waals surface area contributed by atoms with Gasteiger partial charge in [-0.25, -0.2) is 24.3 Å². The minimum absolute atomic E-state index is 0.288. The largest absolute Gasteiger partial charge is 0.455 e. The summed E-state index contributed by atoms with van der Waals surface area (Å²) in [6.45, 7) is 8.74. The van der Waals surface area contributed by atoms with Crippen LogP contribution in [0.25, 0.3) is 15.9 Å². The third-order valence-electron chi connectivity index (χ3n) is 6.20. The van der Waals surface area contributed by atoms with Crippen molar-refractivity contribution in [3.63, 3.8) is 0 Å². The number of carbonyl (C=O) groups excluding carboxylic acids is 1. The standard InChI is InChI=1S/C27H27N7O3S/c1-16-11-17(5-7-20(16)36-18-6-8-22-28-15-31-34(22)12-18)32-24-23-19-9-10-33(26(35)37-27(2,3)4)13-21(19)38-25(23)30-14-29-24/h5-8,11-12,14-15H,9-10,13H2,1-4H3,(H,29,30,32). The number of carbonyl (C=O) groups is 1. The first-order valence-corrected chi connectivity index (χ1v) is 13.1. The molecule has 0 radical (unpaired) electrons. The van der Waals surface area contributed by atoms with Gasteiger partial charge in [-0.1, -0.05) is 0 Å². The fraction of sp³-hybridized carbons (Fsp3) is 0.296. The van der Waals surface area contributed by atoms with Crippen molar-refractivity contribution in [3.8, 4) is 11.5 Å². The lowest BCUT2D eigenvalue weighted by atomic mass is 10.1. The molecular weight excluding hydrogens is 502 g/mol. The molecule has 4 aromatic heterocycles. The molecular formula is C27H27N7O3S. The van der Waals surface area contributed by atoms with Gasteiger partial charge < -0.3 is 19.7 Å². The maximum absolute atomic E-state index is 12.6. The lowest BCUT2D eigenvalue weighted by Crippen LogP contribution is -2.39. The predicted octanol–water partition coefficient (Wildman–Crippen LogP) is 5.87. The number of hydrogen-bond donors (Lipinski definition) is 1. The van der Waals surface area contributed by atoms with E-state index >= 15 is 0 Å². The van der Waals surface area contributed by atoms with E-state index in [1.54, 1.807) is 33.3 Å². The molecule has 38 heavy (non-hydrogen) atoms. The molecule has 5 aromatic rings. The molecule has 0 aliphatic carbocycles. The monoisotopic (exact) mass is 529 g/mol. The molecule has 0 spiro atoms. The Morgan fingerprint density at radius 2 is 1.97 bits per heavy atom. The number of amides is 1. The average molecular weight is 530 g/mol. The second-order valence-corrected chi connectivity index (χ2v) is 11.3. The molecule has 0 bridgehead atoms. The van der Waals surface area contributed by atoms with Gasteiger partial charge in [0.05, 0.1) is 18.1 Å². The van der Waals surface area contributed by atoms with Gasteiger partial charge >= 0.3 is 6.09 Å². The number of anilines is 2. The van der Waals surface area contributed by atoms with Crippen LogP contribution in [0.5, 0.6) is 11.5 Å². The molecule has 0 saturated heterocycles. The van der Waals surface area contributed by atoms with Crippen molar-refractivity contribution in [1.82, 2.24) is 29.5 Å². The lowest BCUT2D eigenvalue weighted by molar-refractivity contribution is 0.0227. The average Bonchev–Trinajstić information content (AvgIpc) is 3.48. The number of nitrogens with zero attached hydrogens (tertiary/aromatic N) is 6. The minimum Gasteiger partial charge on any atom is -0.455 e. The summed E-state index contributed by atoms with van der Waals surface area (Å²) in [5, 5.41) is 8.64. The normalized spacial score (nSPS) is 13.5. The highest BCUT2D eigenvalue weighted by Gasteiger charge is 2.29. The zero-order chi connectivity index (χ0) is 26.4. The van der Waals surface area contributed by atoms with Crippen LogP contribution in [-0.2, 0) is 17.7 Å². The Morgan fingerprint density at radius 1 is 1.11 bits per heavy atom. The van der Waals surface area contributed by atoms with Gasteiger partial charge in [-0.3, -0.25) is 0 Å². The quantitative estimate of drug-likeness (QED) is 0.308. The first kappa shape index (κ1) is 24.1. The van der Waals surface area contributed by atoms with Crippen LogP contribution in [0.1, 0.15) is 36.8 Å². The van der Waals surface area contributed by atoms with Crippen LogP contribution in [0.15, 0.2) is 49.2 Å². The van der Waals surface area contributed by atoms with E-state index < -0.39 is 5.60 Å². The number of aryl methyl sites for hydroxylation is 1. The number of aromatic nitrogens is 5. The van der Waals surface area contributed by atoms with Crippen LogP contribution >= 0.6 is 11.3 Å². The van der Waals surface area contributed by atoms with Crippen molar-refractivity contribution in [2.75, 3.05) is 11.9 Å². The highest BCUT2D eigenvalue weighted by atomic mass is 32.1. The first-order chi connectivity index (χ1) is 18.2. The van der Waals surface area contributed by atoms with E-state index in [0.717, 1.165) is 50.0 Å². The van der Waals surface area contributed by atoms with Gasteiger partial charge in [0.2, 0.25) is 0 Å². The molecule has 5 heterocycles. The summed E-state index contributed by atoms with van der Waals surface area (Å²) >= 11 is 1.60. The van der Waals surface area contributed by atoms with Crippen LogP contribution in [0.4, 0.5) is 16.3 Å². The summed E-state index contributed by atoms with van der Waals surface area (Å²) in [5.74, 6) is 2.18. The van der Waals surface area contributed by atoms with E-state index in [1.807, 2.05) is 58.0 Å². The predicted molar refractivity (Wildman–Crippen MR) is 145 cm³/mol. The molecule has 1 aliphatic rings. The van der Waals surface area contributed by atoms with E-state index in [-0.39, 0.29) is 6.09 Å². The topological polar surface area (TPSA) is 107 Å². The Hall–Kier alpha value is -4.25. The fourth-order valence-electron chi connectivity index (χ4n) is 4.47. The Bertz CT molecular complexity index is 1670. The Balaban J connectivity index is 1.22. The smallest absolute Gasteiger partial charge is 0.410 e. The Morgan fingerprint density at radius 3 is 2.79 bits per heavy atom. The molecule has 10 nitrogen and oxygen atoms in total. The lowest BCUT2D eigenvalue weighted by Gasteiger charge is -2.30. The summed E-state index contributed by atoms with van der Waals surface area (Å²) in [7, 11) is 0. The number of rotatable bonds is 4. The van der Waals surface area contributed by atoms with Crippen LogP contribution in [0, 0.1) is 6.92 Å². The third kappa shape index (κ3) is 4.72. The highest BCUT2D eigenvalue weighted by Crippen LogP contribution is 2.39. The van der Waals surface area contributed by atoms with Crippen LogP contribution in [0.3, 0.4) is 0 Å². The van der Waals surface area contributed by atoms with Crippen molar-refractivity contribution < 1.29 is 14.3 Å². The molecule has 6 rings (SSSR count). The fourth-order valence-corrected chi connectivity index (χ4v) is 5.67. The number of fused-ring (bicyclic) bond motifs is 4. The Kier molecular flexibility index (Phi) is 5.87. The molecule has 1 amide bonds. The molecule has 0 unspecified atom stereocenters. The SMILES string of the molecule is Cc1cc(Nc2ncnc3sc4c(c23)CCN(C(=O)OC(C)(C)C)C4)ccc1Oc1ccc2ncnn2c1. The van der Waals surface area contributed by atoms with Crippen LogP contribution < -0.4 is 10.1 Å². The Labute approximate surface area is 223 Å². The van der Waals surface area contributed by atoms with E-state index in [0.29, 0.717) is 18.8 Å². The van der Waals surface area contributed by atoms with E-state index in [2.05, 4.69) is 25.4 Å². The number of hydrogen-bond acceptors (Lipinski definition) is 9. The maximum atomic E-state index is 12.6. The minimum atomic E-state index is -0.524. The van der Waals surface area contributed by atoms with Crippen LogP contribution in [0.2, 0.25) is 0 Å². The molecule has 1 aromatic carbocycles. The summed E-state index contributed by atoms with van der Waals surface area (Å²) in [6.07, 6.45) is 5.32. The van der Waals surface area contributed by atoms with Gasteiger partial charge in [0, 0.05) is 17.1 Å². The molecule has 1 N–H and O–H groups in total. The molecule has 0 saturated carbocycles. The number of pyridine rings is 1. The van der Waals surface area contributed by atoms with Gasteiger partial charge in [-0.15, -0.1) is 11.3 Å². The van der Waals surface area contributed by atoms with E-state index in [1.165, 1.54) is 11.9 Å². The number of ether oxygens (including phenoxy) is 2. The van der Waals surface area contributed by atoms with Gasteiger partial charge in [-0.2, -0.15) is 5.10 Å². The summed E-state index contributed by atoms with van der Waals surface area (Å²) in [5.41, 5.74) is 3.29. The van der Waals surface area contributed by atoms with Crippen molar-refractivity contribution in [2.24, 2.45) is 0 Å². The summed E-state index contributed by atoms with van der Waals surface area (Å²) in [4.78, 5) is 29.6. The summed E-state index contributed by atoms with van der Waals surface area (Å²) in [6, 6.07) is 9.66. The zero-order valence-electron chi connectivity index (χ0n) is 21.6. The molecule has 0 fully saturated rings. The molecule has 1 aliphatic heterocycles. The van der Waals surface area contributed by atoms with Gasteiger partial charge in [0.25, 0.3) is 0 Å². The third-order valence-corrected chi connectivity index (χ3v) is 7.33. The van der Waals surface area contributed by atoms with Crippen molar-refractivity contribution in [2.45, 2.75) is 46.3 Å². The van der Waals surface area contributed by atoms with Crippen molar-refractivity contribution >= 4 is 44.8 Å². The van der Waals surface area contributed by atoms with E-state index in [9.17, 15) is 4.79 Å². The number of thiophene rings is 1. The van der Waals surface area contributed by atoms with Crippen molar-refractivity contribution in [3.05, 3.63) is 65.2 Å². The summed E-state index contributed by atoms with van der Waals surface area (Å²) < 4.78 is 13.4. The highest BCUT2D eigenvalue weighted by molar-refractivity contribution is 7.19. The molecule has 194 valence electrons. The van der Waals surface area contributed by atoms with Crippen LogP contribution in [-0.4, -0.2) is 47.7 Å². The van der Waals surface area contributed by atoms with Gasteiger partial charge in [0.1, 0.15) is 40.4 Å².